The molecule has 0 radical (unpaired) electrons. The van der Waals surface area contributed by atoms with Gasteiger partial charge in [-0.3, -0.25) is 14.9 Å². The third-order valence-electron chi connectivity index (χ3n) is 6.64. The lowest BCUT2D eigenvalue weighted by Crippen LogP contribution is -2.40. The number of nitrogens with zero attached hydrogens (tertiary/aromatic N) is 4. The number of aryl methyl sites for hydroxylation is 2. The highest BCUT2D eigenvalue weighted by molar-refractivity contribution is 5.94. The van der Waals surface area contributed by atoms with E-state index in [9.17, 15) is 14.9 Å². The number of benzene rings is 1. The summed E-state index contributed by atoms with van der Waals surface area (Å²) in [7, 11) is 4.06. The van der Waals surface area contributed by atoms with Gasteiger partial charge in [0.05, 0.1) is 10.6 Å². The molecule has 1 aromatic heterocycles. The van der Waals surface area contributed by atoms with Gasteiger partial charge in [0.1, 0.15) is 5.82 Å². The van der Waals surface area contributed by atoms with E-state index in [0.717, 1.165) is 44.3 Å². The van der Waals surface area contributed by atoms with Crippen LogP contribution in [0.1, 0.15) is 65.7 Å². The van der Waals surface area contributed by atoms with Gasteiger partial charge in [-0.25, -0.2) is 4.98 Å². The van der Waals surface area contributed by atoms with E-state index < -0.39 is 4.92 Å². The molecular formula is C24H32N6O3. The summed E-state index contributed by atoms with van der Waals surface area (Å²) >= 11 is 0. The molecule has 1 fully saturated rings. The summed E-state index contributed by atoms with van der Waals surface area (Å²) in [5.74, 6) is 1.53. The second-order valence-electron chi connectivity index (χ2n) is 9.32. The van der Waals surface area contributed by atoms with Crippen LogP contribution >= 0.6 is 0 Å². The highest BCUT2D eigenvalue weighted by Crippen LogP contribution is 2.29. The standard InChI is InChI=1S/C24H32N6O3/c1-15-14-16(8-13-21(15)30(32)33)23(31)25-17-9-11-18(12-10-17)26-24-27-20-7-5-4-6-19(20)22(28-24)29(2)3/h8,13-14,17-18H,4-7,9-12H2,1-3H3,(H,25,31)(H,26,27,28)/t17-,18+. The number of aromatic nitrogens is 2. The second-order valence-corrected chi connectivity index (χ2v) is 9.32. The summed E-state index contributed by atoms with van der Waals surface area (Å²) in [6, 6.07) is 4.86. The molecule has 33 heavy (non-hydrogen) atoms. The molecule has 1 heterocycles. The van der Waals surface area contributed by atoms with Crippen LogP contribution in [0.5, 0.6) is 0 Å². The average molecular weight is 453 g/mol. The van der Waals surface area contributed by atoms with Crippen LogP contribution in [0.15, 0.2) is 18.2 Å². The van der Waals surface area contributed by atoms with Crippen molar-refractivity contribution < 1.29 is 9.72 Å². The van der Waals surface area contributed by atoms with Gasteiger partial charge in [-0.05, 0) is 70.4 Å². The smallest absolute Gasteiger partial charge is 0.272 e. The number of nitrogens with one attached hydrogen (secondary N) is 2. The zero-order valence-electron chi connectivity index (χ0n) is 19.6. The Bertz CT molecular complexity index is 1050. The highest BCUT2D eigenvalue weighted by Gasteiger charge is 2.25. The first-order valence-electron chi connectivity index (χ1n) is 11.7. The average Bonchev–Trinajstić information content (AvgIpc) is 2.79. The van der Waals surface area contributed by atoms with Gasteiger partial charge in [-0.15, -0.1) is 0 Å². The summed E-state index contributed by atoms with van der Waals surface area (Å²) < 4.78 is 0. The topological polar surface area (TPSA) is 113 Å². The van der Waals surface area contributed by atoms with E-state index in [-0.39, 0.29) is 23.7 Å². The molecule has 0 atom stereocenters. The van der Waals surface area contributed by atoms with Crippen LogP contribution in [0.3, 0.4) is 0 Å². The van der Waals surface area contributed by atoms with Crippen molar-refractivity contribution in [1.82, 2.24) is 15.3 Å². The van der Waals surface area contributed by atoms with Crippen molar-refractivity contribution in [2.24, 2.45) is 0 Å². The molecule has 2 aliphatic carbocycles. The number of fused-ring (bicyclic) bond motifs is 1. The molecule has 1 saturated carbocycles. The Morgan fingerprint density at radius 2 is 1.79 bits per heavy atom. The van der Waals surface area contributed by atoms with Gasteiger partial charge in [0.25, 0.3) is 11.6 Å². The van der Waals surface area contributed by atoms with Crippen LogP contribution < -0.4 is 15.5 Å². The zero-order valence-corrected chi connectivity index (χ0v) is 19.6. The minimum atomic E-state index is -0.431. The fourth-order valence-corrected chi connectivity index (χ4v) is 4.84. The molecule has 0 bridgehead atoms. The molecule has 2 aliphatic rings. The first-order valence-corrected chi connectivity index (χ1v) is 11.7. The van der Waals surface area contributed by atoms with E-state index in [1.54, 1.807) is 13.0 Å². The van der Waals surface area contributed by atoms with Crippen molar-refractivity contribution in [2.45, 2.75) is 70.4 Å². The summed E-state index contributed by atoms with van der Waals surface area (Å²) in [6.45, 7) is 1.65. The Labute approximate surface area is 194 Å². The number of anilines is 2. The van der Waals surface area contributed by atoms with Crippen molar-refractivity contribution in [1.29, 1.82) is 0 Å². The molecule has 2 aromatic rings. The lowest BCUT2D eigenvalue weighted by Gasteiger charge is -2.30. The minimum Gasteiger partial charge on any atom is -0.362 e. The van der Waals surface area contributed by atoms with Gasteiger partial charge in [-0.1, -0.05) is 0 Å². The maximum Gasteiger partial charge on any atom is 0.272 e. The van der Waals surface area contributed by atoms with Crippen LogP contribution in [0.25, 0.3) is 0 Å². The maximum absolute atomic E-state index is 12.6. The number of rotatable bonds is 6. The van der Waals surface area contributed by atoms with E-state index >= 15 is 0 Å². The van der Waals surface area contributed by atoms with Crippen molar-refractivity contribution in [3.63, 3.8) is 0 Å². The first-order chi connectivity index (χ1) is 15.8. The SMILES string of the molecule is Cc1cc(C(=O)N[C@H]2CC[C@@H](Nc3nc4c(c(N(C)C)n3)CCCC4)CC2)ccc1[N+](=O)[O-]. The molecule has 0 saturated heterocycles. The summed E-state index contributed by atoms with van der Waals surface area (Å²) in [4.78, 5) is 34.9. The number of nitro groups is 1. The fraction of sp³-hybridized carbons (Fsp3) is 0.542. The Kier molecular flexibility index (Phi) is 6.76. The zero-order chi connectivity index (χ0) is 23.5. The number of nitro benzene ring substituents is 1. The quantitative estimate of drug-likeness (QED) is 0.506. The number of carbonyl (C=O) groups excluding carboxylic acids is 1. The molecule has 0 aliphatic heterocycles. The van der Waals surface area contributed by atoms with Crippen LogP contribution in [-0.2, 0) is 12.8 Å². The van der Waals surface area contributed by atoms with Crippen molar-refractivity contribution in [2.75, 3.05) is 24.3 Å². The molecule has 2 N–H and O–H groups in total. The minimum absolute atomic E-state index is 0.0277. The Hall–Kier alpha value is -3.23. The van der Waals surface area contributed by atoms with E-state index in [1.807, 2.05) is 14.1 Å². The molecular weight excluding hydrogens is 420 g/mol. The number of amides is 1. The predicted octanol–water partition coefficient (Wildman–Crippen LogP) is 3.79. The molecule has 1 amide bonds. The van der Waals surface area contributed by atoms with E-state index in [2.05, 4.69) is 15.5 Å². The van der Waals surface area contributed by atoms with Gasteiger partial charge in [0.2, 0.25) is 5.95 Å². The summed E-state index contributed by atoms with van der Waals surface area (Å²) in [6.07, 6.45) is 7.98. The van der Waals surface area contributed by atoms with E-state index in [1.165, 1.54) is 36.2 Å². The molecule has 0 spiro atoms. The van der Waals surface area contributed by atoms with Crippen molar-refractivity contribution in [3.8, 4) is 0 Å². The Morgan fingerprint density at radius 1 is 1.09 bits per heavy atom. The second kappa shape index (κ2) is 9.72. The third-order valence-corrected chi connectivity index (χ3v) is 6.64. The third kappa shape index (κ3) is 5.23. The van der Waals surface area contributed by atoms with Crippen LogP contribution in [0.4, 0.5) is 17.5 Å². The largest absolute Gasteiger partial charge is 0.362 e. The van der Waals surface area contributed by atoms with Gasteiger partial charge in [0.15, 0.2) is 0 Å². The normalized spacial score (nSPS) is 20.0. The maximum atomic E-state index is 12.6. The number of hydrogen-bond acceptors (Lipinski definition) is 7. The monoisotopic (exact) mass is 452 g/mol. The van der Waals surface area contributed by atoms with Gasteiger partial charge >= 0.3 is 0 Å². The number of hydrogen-bond donors (Lipinski definition) is 2. The molecule has 176 valence electrons. The molecule has 4 rings (SSSR count). The molecule has 9 nitrogen and oxygen atoms in total. The van der Waals surface area contributed by atoms with Gasteiger partial charge < -0.3 is 15.5 Å². The number of carbonyl (C=O) groups is 1. The lowest BCUT2D eigenvalue weighted by atomic mass is 9.91. The summed E-state index contributed by atoms with van der Waals surface area (Å²) in [5, 5.41) is 17.6. The van der Waals surface area contributed by atoms with Gasteiger partial charge in [0, 0.05) is 48.9 Å². The van der Waals surface area contributed by atoms with Crippen molar-refractivity contribution >= 4 is 23.4 Å². The first kappa shape index (κ1) is 22.9. The Balaban J connectivity index is 1.34. The molecule has 0 unspecified atom stereocenters. The molecule has 9 heteroatoms. The van der Waals surface area contributed by atoms with E-state index in [4.69, 9.17) is 9.97 Å². The summed E-state index contributed by atoms with van der Waals surface area (Å²) in [5.41, 5.74) is 3.42. The lowest BCUT2D eigenvalue weighted by molar-refractivity contribution is -0.385. The van der Waals surface area contributed by atoms with Crippen LogP contribution in [0.2, 0.25) is 0 Å². The fourth-order valence-electron chi connectivity index (χ4n) is 4.84. The van der Waals surface area contributed by atoms with Crippen molar-refractivity contribution in [3.05, 3.63) is 50.7 Å². The van der Waals surface area contributed by atoms with Crippen LogP contribution in [-0.4, -0.2) is 47.0 Å². The Morgan fingerprint density at radius 3 is 2.45 bits per heavy atom. The van der Waals surface area contributed by atoms with E-state index in [0.29, 0.717) is 17.1 Å². The van der Waals surface area contributed by atoms with Crippen LogP contribution in [0, 0.1) is 17.0 Å². The molecule has 1 aromatic carbocycles. The highest BCUT2D eigenvalue weighted by atomic mass is 16.6. The predicted molar refractivity (Wildman–Crippen MR) is 128 cm³/mol. The van der Waals surface area contributed by atoms with Gasteiger partial charge in [-0.2, -0.15) is 4.98 Å².